The Morgan fingerprint density at radius 1 is 1.13 bits per heavy atom. The van der Waals surface area contributed by atoms with Crippen molar-refractivity contribution in [3.8, 4) is 0 Å². The lowest BCUT2D eigenvalue weighted by Gasteiger charge is -2.25. The first-order valence-electron chi connectivity index (χ1n) is 5.38. The second-order valence-electron chi connectivity index (χ2n) is 3.56. The molecule has 0 amide bonds. The van der Waals surface area contributed by atoms with E-state index in [0.717, 1.165) is 11.1 Å². The summed E-state index contributed by atoms with van der Waals surface area (Å²) in [6.07, 6.45) is 0. The number of hydrogen-bond acceptors (Lipinski definition) is 1. The van der Waals surface area contributed by atoms with E-state index in [0.29, 0.717) is 0 Å². The minimum absolute atomic E-state index is 0.290. The largest absolute Gasteiger partial charge is 0.374 e. The van der Waals surface area contributed by atoms with Crippen LogP contribution in [0.4, 0.5) is 0 Å². The van der Waals surface area contributed by atoms with Crippen LogP contribution in [0, 0.1) is 0 Å². The van der Waals surface area contributed by atoms with E-state index in [-0.39, 0.29) is 5.60 Å². The Labute approximate surface area is 93.8 Å². The fraction of sp³-hybridized carbons (Fsp3) is 0.429. The molecule has 0 unspecified atom stereocenters. The summed E-state index contributed by atoms with van der Waals surface area (Å²) in [7, 11) is 1.70. The molecule has 0 fully saturated rings. The Morgan fingerprint density at radius 2 is 1.60 bits per heavy atom. The molecule has 0 atom stereocenters. The van der Waals surface area contributed by atoms with E-state index in [1.54, 1.807) is 7.11 Å². The highest BCUT2D eigenvalue weighted by Crippen LogP contribution is 2.27. The van der Waals surface area contributed by atoms with E-state index >= 15 is 0 Å². The Morgan fingerprint density at radius 3 is 2.00 bits per heavy atom. The van der Waals surface area contributed by atoms with Gasteiger partial charge in [-0.3, -0.25) is 0 Å². The zero-order valence-electron chi connectivity index (χ0n) is 10.5. The van der Waals surface area contributed by atoms with Crippen molar-refractivity contribution >= 4 is 5.57 Å². The molecule has 15 heavy (non-hydrogen) atoms. The van der Waals surface area contributed by atoms with Gasteiger partial charge in [0.05, 0.1) is 5.60 Å². The van der Waals surface area contributed by atoms with Crippen LogP contribution in [0.15, 0.2) is 36.9 Å². The Hall–Kier alpha value is -1.08. The summed E-state index contributed by atoms with van der Waals surface area (Å²) in [6.45, 7) is 12.1. The molecule has 0 N–H and O–H groups in total. The van der Waals surface area contributed by atoms with Crippen LogP contribution in [0.2, 0.25) is 0 Å². The van der Waals surface area contributed by atoms with Gasteiger partial charge in [0.1, 0.15) is 0 Å². The number of rotatable bonds is 3. The highest BCUT2D eigenvalue weighted by molar-refractivity contribution is 5.69. The fourth-order valence-corrected chi connectivity index (χ4v) is 1.11. The first kappa shape index (κ1) is 13.9. The topological polar surface area (TPSA) is 9.23 Å². The van der Waals surface area contributed by atoms with Gasteiger partial charge in [-0.05, 0) is 25.0 Å². The van der Waals surface area contributed by atoms with E-state index in [2.05, 4.69) is 6.58 Å². The fourth-order valence-electron chi connectivity index (χ4n) is 1.11. The molecule has 0 aliphatic heterocycles. The van der Waals surface area contributed by atoms with Crippen LogP contribution in [0.5, 0.6) is 0 Å². The van der Waals surface area contributed by atoms with Crippen LogP contribution in [-0.2, 0) is 4.74 Å². The van der Waals surface area contributed by atoms with Gasteiger partial charge in [-0.2, -0.15) is 0 Å². The van der Waals surface area contributed by atoms with Gasteiger partial charge in [0, 0.05) is 7.11 Å². The molecular formula is C14H22O. The predicted molar refractivity (Wildman–Crippen MR) is 67.9 cm³/mol. The first-order chi connectivity index (χ1) is 7.08. The van der Waals surface area contributed by atoms with Gasteiger partial charge >= 0.3 is 0 Å². The van der Waals surface area contributed by atoms with Crippen molar-refractivity contribution in [3.05, 3.63) is 42.5 Å². The van der Waals surface area contributed by atoms with Crippen LogP contribution in [0.25, 0.3) is 5.57 Å². The standard InChI is InChI=1S/C12H16O.C2H6/c1-10(12(2,3)13-4)11-8-6-5-7-9-11;1-2/h5-9H,1H2,2-4H3;1-2H3. The van der Waals surface area contributed by atoms with Crippen LogP contribution in [-0.4, -0.2) is 12.7 Å². The minimum Gasteiger partial charge on any atom is -0.374 e. The lowest BCUT2D eigenvalue weighted by atomic mass is 9.93. The summed E-state index contributed by atoms with van der Waals surface area (Å²) >= 11 is 0. The number of benzene rings is 1. The molecular weight excluding hydrogens is 184 g/mol. The summed E-state index contributed by atoms with van der Waals surface area (Å²) in [5, 5.41) is 0. The number of ether oxygens (including phenoxy) is 1. The summed E-state index contributed by atoms with van der Waals surface area (Å²) < 4.78 is 5.35. The highest BCUT2D eigenvalue weighted by Gasteiger charge is 2.21. The van der Waals surface area contributed by atoms with Crippen molar-refractivity contribution in [2.75, 3.05) is 7.11 Å². The van der Waals surface area contributed by atoms with Gasteiger partial charge in [0.25, 0.3) is 0 Å². The van der Waals surface area contributed by atoms with Crippen molar-refractivity contribution in [2.45, 2.75) is 33.3 Å². The molecule has 0 heterocycles. The van der Waals surface area contributed by atoms with Crippen molar-refractivity contribution in [2.24, 2.45) is 0 Å². The smallest absolute Gasteiger partial charge is 0.0871 e. The Bertz CT molecular complexity index is 285. The molecule has 1 aromatic carbocycles. The van der Waals surface area contributed by atoms with E-state index in [9.17, 15) is 0 Å². The summed E-state index contributed by atoms with van der Waals surface area (Å²) in [5.41, 5.74) is 1.85. The average Bonchev–Trinajstić information content (AvgIpc) is 2.32. The summed E-state index contributed by atoms with van der Waals surface area (Å²) in [4.78, 5) is 0. The quantitative estimate of drug-likeness (QED) is 0.722. The normalized spacial score (nSPS) is 10.2. The van der Waals surface area contributed by atoms with E-state index < -0.39 is 0 Å². The number of methoxy groups -OCH3 is 1. The molecule has 0 radical (unpaired) electrons. The van der Waals surface area contributed by atoms with Gasteiger partial charge in [-0.1, -0.05) is 50.8 Å². The molecule has 0 bridgehead atoms. The SMILES string of the molecule is C=C(c1ccccc1)C(C)(C)OC.CC. The third-order valence-electron chi connectivity index (χ3n) is 2.36. The Kier molecular flexibility index (Phi) is 5.95. The molecule has 1 nitrogen and oxygen atoms in total. The molecule has 0 aromatic heterocycles. The molecule has 1 aromatic rings. The van der Waals surface area contributed by atoms with Crippen LogP contribution < -0.4 is 0 Å². The van der Waals surface area contributed by atoms with E-state index in [1.165, 1.54) is 0 Å². The summed E-state index contributed by atoms with van der Waals surface area (Å²) in [6, 6.07) is 10.1. The van der Waals surface area contributed by atoms with Crippen molar-refractivity contribution in [1.29, 1.82) is 0 Å². The van der Waals surface area contributed by atoms with Crippen LogP contribution in [0.1, 0.15) is 33.3 Å². The highest BCUT2D eigenvalue weighted by atomic mass is 16.5. The van der Waals surface area contributed by atoms with Crippen molar-refractivity contribution in [1.82, 2.24) is 0 Å². The van der Waals surface area contributed by atoms with Crippen LogP contribution in [0.3, 0.4) is 0 Å². The molecule has 84 valence electrons. The Balaban J connectivity index is 0.000000921. The molecule has 0 aliphatic carbocycles. The van der Waals surface area contributed by atoms with Gasteiger partial charge in [-0.15, -0.1) is 0 Å². The second-order valence-corrected chi connectivity index (χ2v) is 3.56. The maximum Gasteiger partial charge on any atom is 0.0871 e. The van der Waals surface area contributed by atoms with Crippen LogP contribution >= 0.6 is 0 Å². The summed E-state index contributed by atoms with van der Waals surface area (Å²) in [5.74, 6) is 0. The first-order valence-corrected chi connectivity index (χ1v) is 5.38. The van der Waals surface area contributed by atoms with Gasteiger partial charge in [0.2, 0.25) is 0 Å². The molecule has 0 saturated carbocycles. The molecule has 0 spiro atoms. The number of hydrogen-bond donors (Lipinski definition) is 0. The van der Waals surface area contributed by atoms with Gasteiger partial charge in [-0.25, -0.2) is 0 Å². The van der Waals surface area contributed by atoms with E-state index in [1.807, 2.05) is 58.0 Å². The van der Waals surface area contributed by atoms with Gasteiger partial charge < -0.3 is 4.74 Å². The monoisotopic (exact) mass is 206 g/mol. The second kappa shape index (κ2) is 6.41. The van der Waals surface area contributed by atoms with Crippen molar-refractivity contribution in [3.63, 3.8) is 0 Å². The van der Waals surface area contributed by atoms with Gasteiger partial charge in [0.15, 0.2) is 0 Å². The maximum absolute atomic E-state index is 5.35. The average molecular weight is 206 g/mol. The predicted octanol–water partition coefficient (Wildman–Crippen LogP) is 4.15. The molecule has 0 saturated heterocycles. The third-order valence-corrected chi connectivity index (χ3v) is 2.36. The minimum atomic E-state index is -0.290. The maximum atomic E-state index is 5.35. The third kappa shape index (κ3) is 3.88. The molecule has 0 aliphatic rings. The van der Waals surface area contributed by atoms with Crippen molar-refractivity contribution < 1.29 is 4.74 Å². The zero-order valence-corrected chi connectivity index (χ0v) is 10.5. The molecule has 1 heteroatoms. The lowest BCUT2D eigenvalue weighted by Crippen LogP contribution is -2.23. The molecule has 1 rings (SSSR count). The lowest BCUT2D eigenvalue weighted by molar-refractivity contribution is 0.0747. The van der Waals surface area contributed by atoms with E-state index in [4.69, 9.17) is 4.74 Å². The zero-order chi connectivity index (χ0) is 11.9.